The van der Waals surface area contributed by atoms with Gasteiger partial charge >= 0.3 is 5.76 Å². The van der Waals surface area contributed by atoms with Crippen LogP contribution in [0.1, 0.15) is 5.56 Å². The van der Waals surface area contributed by atoms with E-state index in [0.717, 1.165) is 23.4 Å². The summed E-state index contributed by atoms with van der Waals surface area (Å²) in [6.45, 7) is 0.570. The van der Waals surface area contributed by atoms with E-state index in [1.165, 1.54) is 21.5 Å². The number of nitrogens with one attached hydrogen (secondary N) is 1. The lowest BCUT2D eigenvalue weighted by atomic mass is 10.1. The van der Waals surface area contributed by atoms with Gasteiger partial charge in [-0.1, -0.05) is 12.1 Å². The van der Waals surface area contributed by atoms with Crippen molar-refractivity contribution >= 4 is 33.5 Å². The molecular weight excluding hydrogens is 378 g/mol. The van der Waals surface area contributed by atoms with Crippen molar-refractivity contribution in [3.63, 3.8) is 0 Å². The standard InChI is InChI=1S/C20H15N3O4S/c24-18(10-23-15-3-1-2-4-17(15)27-20(23)25)22-19-21-14(11-28-19)12-5-6-16-13(9-12)7-8-26-16/h1-6,9,11H,7-8,10H2,(H,21,22,24). The summed E-state index contributed by atoms with van der Waals surface area (Å²) >= 11 is 1.34. The van der Waals surface area contributed by atoms with E-state index in [-0.39, 0.29) is 12.5 Å². The minimum absolute atomic E-state index is 0.138. The summed E-state index contributed by atoms with van der Waals surface area (Å²) in [4.78, 5) is 28.9. The molecule has 0 radical (unpaired) electrons. The van der Waals surface area contributed by atoms with Crippen molar-refractivity contribution in [2.24, 2.45) is 0 Å². The molecule has 28 heavy (non-hydrogen) atoms. The van der Waals surface area contributed by atoms with E-state index in [0.29, 0.717) is 22.8 Å². The largest absolute Gasteiger partial charge is 0.493 e. The van der Waals surface area contributed by atoms with Gasteiger partial charge in [-0.3, -0.25) is 9.36 Å². The predicted octanol–water partition coefficient (Wildman–Crippen LogP) is 3.29. The van der Waals surface area contributed by atoms with Crippen molar-refractivity contribution < 1.29 is 13.9 Å². The first-order valence-corrected chi connectivity index (χ1v) is 9.65. The maximum absolute atomic E-state index is 12.4. The van der Waals surface area contributed by atoms with Crippen molar-refractivity contribution in [1.29, 1.82) is 0 Å². The highest BCUT2D eigenvalue weighted by atomic mass is 32.1. The highest BCUT2D eigenvalue weighted by Gasteiger charge is 2.16. The van der Waals surface area contributed by atoms with Gasteiger partial charge < -0.3 is 14.5 Å². The number of rotatable bonds is 4. The van der Waals surface area contributed by atoms with Crippen LogP contribution in [0.25, 0.3) is 22.4 Å². The first-order valence-electron chi connectivity index (χ1n) is 8.77. The van der Waals surface area contributed by atoms with Crippen molar-refractivity contribution in [3.05, 3.63) is 64.0 Å². The van der Waals surface area contributed by atoms with Crippen LogP contribution in [0.15, 0.2) is 57.1 Å². The summed E-state index contributed by atoms with van der Waals surface area (Å²) in [6.07, 6.45) is 0.893. The molecule has 5 rings (SSSR count). The van der Waals surface area contributed by atoms with Gasteiger partial charge in [-0.2, -0.15) is 0 Å². The van der Waals surface area contributed by atoms with Gasteiger partial charge in [-0.05, 0) is 35.9 Å². The van der Waals surface area contributed by atoms with Crippen molar-refractivity contribution in [1.82, 2.24) is 9.55 Å². The second kappa shape index (κ2) is 6.65. The monoisotopic (exact) mass is 393 g/mol. The number of hydrogen-bond acceptors (Lipinski definition) is 6. The molecule has 1 N–H and O–H groups in total. The van der Waals surface area contributed by atoms with E-state index in [4.69, 9.17) is 9.15 Å². The Balaban J connectivity index is 1.33. The lowest BCUT2D eigenvalue weighted by Crippen LogP contribution is -2.24. The van der Waals surface area contributed by atoms with Crippen molar-refractivity contribution in [3.8, 4) is 17.0 Å². The van der Waals surface area contributed by atoms with Crippen LogP contribution < -0.4 is 15.8 Å². The zero-order valence-corrected chi connectivity index (χ0v) is 15.5. The van der Waals surface area contributed by atoms with Gasteiger partial charge in [0, 0.05) is 17.4 Å². The Morgan fingerprint density at radius 1 is 1.25 bits per heavy atom. The number of fused-ring (bicyclic) bond motifs is 2. The van der Waals surface area contributed by atoms with E-state index in [1.54, 1.807) is 24.3 Å². The zero-order valence-electron chi connectivity index (χ0n) is 14.7. The number of amides is 1. The molecule has 0 unspecified atom stereocenters. The molecule has 0 saturated carbocycles. The fourth-order valence-electron chi connectivity index (χ4n) is 3.28. The number of para-hydroxylation sites is 2. The van der Waals surface area contributed by atoms with Gasteiger partial charge in [0.2, 0.25) is 5.91 Å². The fraction of sp³-hybridized carbons (Fsp3) is 0.150. The first-order chi connectivity index (χ1) is 13.7. The quantitative estimate of drug-likeness (QED) is 0.575. The number of carbonyl (C=O) groups is 1. The van der Waals surface area contributed by atoms with E-state index in [2.05, 4.69) is 16.4 Å². The lowest BCUT2D eigenvalue weighted by molar-refractivity contribution is -0.116. The number of benzene rings is 2. The summed E-state index contributed by atoms with van der Waals surface area (Å²) in [6, 6.07) is 13.0. The maximum Gasteiger partial charge on any atom is 0.420 e. The van der Waals surface area contributed by atoms with Gasteiger partial charge in [-0.15, -0.1) is 11.3 Å². The molecule has 7 nitrogen and oxygen atoms in total. The second-order valence-corrected chi connectivity index (χ2v) is 7.29. The molecule has 4 aromatic rings. The molecule has 0 saturated heterocycles. The number of hydrogen-bond donors (Lipinski definition) is 1. The molecule has 2 aromatic heterocycles. The summed E-state index contributed by atoms with van der Waals surface area (Å²) < 4.78 is 12.0. The second-order valence-electron chi connectivity index (χ2n) is 6.43. The average Bonchev–Trinajstić information content (AvgIpc) is 3.41. The maximum atomic E-state index is 12.4. The minimum atomic E-state index is -0.559. The van der Waals surface area contributed by atoms with Crippen LogP contribution >= 0.6 is 11.3 Å². The molecule has 2 aromatic carbocycles. The van der Waals surface area contributed by atoms with Crippen LogP contribution in [-0.2, 0) is 17.8 Å². The van der Waals surface area contributed by atoms with Crippen LogP contribution in [0.5, 0.6) is 5.75 Å². The fourth-order valence-corrected chi connectivity index (χ4v) is 4.01. The average molecular weight is 393 g/mol. The summed E-state index contributed by atoms with van der Waals surface area (Å²) in [7, 11) is 0. The Morgan fingerprint density at radius 2 is 2.14 bits per heavy atom. The van der Waals surface area contributed by atoms with Crippen LogP contribution in [0.2, 0.25) is 0 Å². The van der Waals surface area contributed by atoms with Gasteiger partial charge in [0.25, 0.3) is 0 Å². The molecule has 0 spiro atoms. The van der Waals surface area contributed by atoms with Gasteiger partial charge in [-0.25, -0.2) is 9.78 Å². The van der Waals surface area contributed by atoms with E-state index in [9.17, 15) is 9.59 Å². The third-order valence-electron chi connectivity index (χ3n) is 4.61. The molecule has 1 aliphatic heterocycles. The van der Waals surface area contributed by atoms with Gasteiger partial charge in [0.05, 0.1) is 17.8 Å². The highest BCUT2D eigenvalue weighted by Crippen LogP contribution is 2.31. The minimum Gasteiger partial charge on any atom is -0.493 e. The Hall–Kier alpha value is -3.39. The molecular formula is C20H15N3O4S. The Kier molecular flexibility index (Phi) is 3.98. The number of carbonyl (C=O) groups excluding carboxylic acids is 1. The van der Waals surface area contributed by atoms with Crippen LogP contribution in [0, 0.1) is 0 Å². The Bertz CT molecular complexity index is 1250. The zero-order chi connectivity index (χ0) is 19.1. The van der Waals surface area contributed by atoms with Crippen LogP contribution in [0.3, 0.4) is 0 Å². The molecule has 1 aliphatic rings. The third-order valence-corrected chi connectivity index (χ3v) is 5.37. The molecule has 140 valence electrons. The highest BCUT2D eigenvalue weighted by molar-refractivity contribution is 7.14. The van der Waals surface area contributed by atoms with Crippen LogP contribution in [0.4, 0.5) is 5.13 Å². The smallest absolute Gasteiger partial charge is 0.420 e. The SMILES string of the molecule is O=C(Cn1c(=O)oc2ccccc21)Nc1nc(-c2ccc3c(c2)CCO3)cs1. The molecule has 0 fully saturated rings. The summed E-state index contributed by atoms with van der Waals surface area (Å²) in [5, 5.41) is 5.14. The normalized spacial score (nSPS) is 12.7. The molecule has 0 bridgehead atoms. The summed E-state index contributed by atoms with van der Waals surface area (Å²) in [5.74, 6) is 0.0266. The van der Waals surface area contributed by atoms with E-state index < -0.39 is 5.76 Å². The Labute approximate surface area is 163 Å². The van der Waals surface area contributed by atoms with E-state index >= 15 is 0 Å². The first kappa shape index (κ1) is 16.8. The number of ether oxygens (including phenoxy) is 1. The van der Waals surface area contributed by atoms with E-state index in [1.807, 2.05) is 17.5 Å². The van der Waals surface area contributed by atoms with Crippen molar-refractivity contribution in [2.75, 3.05) is 11.9 Å². The number of nitrogens with zero attached hydrogens (tertiary/aromatic N) is 2. The lowest BCUT2D eigenvalue weighted by Gasteiger charge is -2.03. The van der Waals surface area contributed by atoms with Gasteiger partial charge in [0.1, 0.15) is 12.3 Å². The molecule has 0 atom stereocenters. The molecule has 0 aliphatic carbocycles. The molecule has 3 heterocycles. The number of oxazole rings is 1. The number of aromatic nitrogens is 2. The van der Waals surface area contributed by atoms with Crippen LogP contribution in [-0.4, -0.2) is 22.1 Å². The number of anilines is 1. The predicted molar refractivity (Wildman–Crippen MR) is 106 cm³/mol. The topological polar surface area (TPSA) is 86.4 Å². The Morgan fingerprint density at radius 3 is 3.07 bits per heavy atom. The third kappa shape index (κ3) is 2.97. The van der Waals surface area contributed by atoms with Crippen molar-refractivity contribution in [2.45, 2.75) is 13.0 Å². The number of thiazole rings is 1. The molecule has 1 amide bonds. The van der Waals surface area contributed by atoms with Gasteiger partial charge in [0.15, 0.2) is 10.7 Å². The molecule has 8 heteroatoms. The summed E-state index contributed by atoms with van der Waals surface area (Å²) in [5.41, 5.74) is 3.99.